The van der Waals surface area contributed by atoms with Gasteiger partial charge >= 0.3 is 0 Å². The van der Waals surface area contributed by atoms with Crippen molar-refractivity contribution < 1.29 is 9.53 Å². The predicted molar refractivity (Wildman–Crippen MR) is 67.5 cm³/mol. The molecule has 0 aliphatic rings. The molecule has 0 heterocycles. The molecule has 88 valence electrons. The Bertz CT molecular complexity index is 384. The molecule has 3 nitrogen and oxygen atoms in total. The van der Waals surface area contributed by atoms with Crippen LogP contribution in [0.15, 0.2) is 23.1 Å². The third-order valence-corrected chi connectivity index (χ3v) is 2.75. The number of ether oxygens (including phenoxy) is 1. The fourth-order valence-corrected chi connectivity index (χ4v) is 1.51. The Balaban J connectivity index is 2.69. The van der Waals surface area contributed by atoms with Gasteiger partial charge in [0.2, 0.25) is 0 Å². The van der Waals surface area contributed by atoms with E-state index in [1.165, 1.54) is 0 Å². The maximum atomic E-state index is 11.8. The van der Waals surface area contributed by atoms with Gasteiger partial charge in [0.1, 0.15) is 0 Å². The summed E-state index contributed by atoms with van der Waals surface area (Å²) in [5.41, 5.74) is 0.428. The van der Waals surface area contributed by atoms with Gasteiger partial charge in [0.05, 0.1) is 16.7 Å². The second-order valence-electron chi connectivity index (χ2n) is 3.42. The van der Waals surface area contributed by atoms with Gasteiger partial charge in [0, 0.05) is 18.6 Å². The summed E-state index contributed by atoms with van der Waals surface area (Å²) in [6, 6.07) is 5.02. The molecule has 0 bridgehead atoms. The van der Waals surface area contributed by atoms with Crippen LogP contribution in [-0.4, -0.2) is 25.7 Å². The molecule has 0 aliphatic carbocycles. The van der Waals surface area contributed by atoms with Crippen LogP contribution in [0.4, 0.5) is 0 Å². The van der Waals surface area contributed by atoms with Crippen molar-refractivity contribution in [3.05, 3.63) is 28.8 Å². The standard InChI is InChI=1S/C11H14ClNO2S/c1-7(15-2)6-13-11(14)9-5-8(16)3-4-10(9)12/h3-5,7,16H,6H2,1-2H3,(H,13,14). The smallest absolute Gasteiger partial charge is 0.252 e. The number of hydrogen-bond donors (Lipinski definition) is 2. The molecule has 1 rings (SSSR count). The lowest BCUT2D eigenvalue weighted by Crippen LogP contribution is -2.31. The van der Waals surface area contributed by atoms with Crippen LogP contribution in [0.2, 0.25) is 5.02 Å². The van der Waals surface area contributed by atoms with E-state index < -0.39 is 0 Å². The first-order valence-corrected chi connectivity index (χ1v) is 5.66. The second kappa shape index (κ2) is 6.13. The quantitative estimate of drug-likeness (QED) is 0.815. The highest BCUT2D eigenvalue weighted by Crippen LogP contribution is 2.19. The van der Waals surface area contributed by atoms with Gasteiger partial charge in [-0.1, -0.05) is 11.6 Å². The number of halogens is 1. The molecular weight excluding hydrogens is 246 g/mol. The van der Waals surface area contributed by atoms with Gasteiger partial charge < -0.3 is 10.1 Å². The van der Waals surface area contributed by atoms with E-state index in [0.29, 0.717) is 22.0 Å². The minimum atomic E-state index is -0.218. The molecule has 0 fully saturated rings. The molecule has 0 radical (unpaired) electrons. The Hall–Kier alpha value is -0.710. The van der Waals surface area contributed by atoms with Crippen molar-refractivity contribution in [2.75, 3.05) is 13.7 Å². The van der Waals surface area contributed by atoms with Crippen LogP contribution in [0.5, 0.6) is 0 Å². The maximum absolute atomic E-state index is 11.8. The van der Waals surface area contributed by atoms with Gasteiger partial charge in [0.15, 0.2) is 0 Å². The number of methoxy groups -OCH3 is 1. The van der Waals surface area contributed by atoms with Crippen molar-refractivity contribution >= 4 is 30.1 Å². The molecule has 1 atom stereocenters. The normalized spacial score (nSPS) is 12.2. The molecule has 16 heavy (non-hydrogen) atoms. The summed E-state index contributed by atoms with van der Waals surface area (Å²) in [6.07, 6.45) is -0.0260. The van der Waals surface area contributed by atoms with Crippen LogP contribution in [0.1, 0.15) is 17.3 Å². The Kier molecular flexibility index (Phi) is 5.12. The zero-order valence-corrected chi connectivity index (χ0v) is 10.8. The molecule has 5 heteroatoms. The molecule has 0 aliphatic heterocycles. The molecule has 1 N–H and O–H groups in total. The molecular formula is C11H14ClNO2S. The number of carbonyl (C=O) groups is 1. The van der Waals surface area contributed by atoms with Crippen molar-refractivity contribution in [1.29, 1.82) is 0 Å². The Morgan fingerprint density at radius 2 is 2.31 bits per heavy atom. The van der Waals surface area contributed by atoms with Gasteiger partial charge in [-0.15, -0.1) is 12.6 Å². The minimum absolute atomic E-state index is 0.0260. The van der Waals surface area contributed by atoms with Crippen LogP contribution in [0, 0.1) is 0 Å². The number of rotatable bonds is 4. The Labute approximate surface area is 106 Å². The lowest BCUT2D eigenvalue weighted by Gasteiger charge is -2.11. The number of benzene rings is 1. The average molecular weight is 260 g/mol. The summed E-state index contributed by atoms with van der Waals surface area (Å²) < 4.78 is 5.03. The zero-order chi connectivity index (χ0) is 12.1. The second-order valence-corrected chi connectivity index (χ2v) is 4.34. The number of thiol groups is 1. The third kappa shape index (κ3) is 3.70. The van der Waals surface area contributed by atoms with Gasteiger partial charge in [-0.3, -0.25) is 4.79 Å². The first kappa shape index (κ1) is 13.4. The summed E-state index contributed by atoms with van der Waals surface area (Å²) in [4.78, 5) is 12.5. The predicted octanol–water partition coefficient (Wildman–Crippen LogP) is 2.39. The molecule has 0 aromatic heterocycles. The van der Waals surface area contributed by atoms with Crippen LogP contribution >= 0.6 is 24.2 Å². The average Bonchev–Trinajstić information content (AvgIpc) is 2.28. The largest absolute Gasteiger partial charge is 0.380 e. The van der Waals surface area contributed by atoms with Crippen molar-refractivity contribution in [3.8, 4) is 0 Å². The van der Waals surface area contributed by atoms with E-state index in [0.717, 1.165) is 0 Å². The van der Waals surface area contributed by atoms with Crippen LogP contribution < -0.4 is 5.32 Å². The first-order valence-electron chi connectivity index (χ1n) is 4.84. The fourth-order valence-electron chi connectivity index (χ4n) is 1.10. The topological polar surface area (TPSA) is 38.3 Å². The van der Waals surface area contributed by atoms with E-state index in [9.17, 15) is 4.79 Å². The van der Waals surface area contributed by atoms with Gasteiger partial charge in [0.25, 0.3) is 5.91 Å². The van der Waals surface area contributed by atoms with E-state index >= 15 is 0 Å². The van der Waals surface area contributed by atoms with Crippen molar-refractivity contribution in [3.63, 3.8) is 0 Å². The van der Waals surface area contributed by atoms with E-state index in [2.05, 4.69) is 17.9 Å². The van der Waals surface area contributed by atoms with E-state index in [4.69, 9.17) is 16.3 Å². The van der Waals surface area contributed by atoms with Crippen LogP contribution in [-0.2, 0) is 4.74 Å². The first-order chi connectivity index (χ1) is 7.54. The summed E-state index contributed by atoms with van der Waals surface area (Å²) in [5, 5.41) is 3.15. The molecule has 0 saturated heterocycles. The fraction of sp³-hybridized carbons (Fsp3) is 0.364. The van der Waals surface area contributed by atoms with Gasteiger partial charge in [-0.2, -0.15) is 0 Å². The maximum Gasteiger partial charge on any atom is 0.252 e. The summed E-state index contributed by atoms with van der Waals surface area (Å²) in [5.74, 6) is -0.218. The van der Waals surface area contributed by atoms with Gasteiger partial charge in [-0.25, -0.2) is 0 Å². The Morgan fingerprint density at radius 3 is 2.94 bits per heavy atom. The monoisotopic (exact) mass is 259 g/mol. The number of hydrogen-bond acceptors (Lipinski definition) is 3. The van der Waals surface area contributed by atoms with Crippen LogP contribution in [0.25, 0.3) is 0 Å². The van der Waals surface area contributed by atoms with E-state index in [1.54, 1.807) is 25.3 Å². The van der Waals surface area contributed by atoms with Crippen molar-refractivity contribution in [1.82, 2.24) is 5.32 Å². The molecule has 1 amide bonds. The van der Waals surface area contributed by atoms with E-state index in [1.807, 2.05) is 6.92 Å². The highest BCUT2D eigenvalue weighted by Gasteiger charge is 2.11. The lowest BCUT2D eigenvalue weighted by atomic mass is 10.2. The third-order valence-electron chi connectivity index (χ3n) is 2.15. The van der Waals surface area contributed by atoms with Crippen molar-refractivity contribution in [2.45, 2.75) is 17.9 Å². The molecule has 1 unspecified atom stereocenters. The zero-order valence-electron chi connectivity index (χ0n) is 9.16. The molecule has 1 aromatic rings. The summed E-state index contributed by atoms with van der Waals surface area (Å²) in [6.45, 7) is 2.32. The van der Waals surface area contributed by atoms with E-state index in [-0.39, 0.29) is 12.0 Å². The highest BCUT2D eigenvalue weighted by atomic mass is 35.5. The van der Waals surface area contributed by atoms with Crippen LogP contribution in [0.3, 0.4) is 0 Å². The molecule has 1 aromatic carbocycles. The number of amides is 1. The SMILES string of the molecule is COC(C)CNC(=O)c1cc(S)ccc1Cl. The molecule has 0 saturated carbocycles. The highest BCUT2D eigenvalue weighted by molar-refractivity contribution is 7.80. The van der Waals surface area contributed by atoms with Gasteiger partial charge in [-0.05, 0) is 25.1 Å². The summed E-state index contributed by atoms with van der Waals surface area (Å²) >= 11 is 10.1. The summed E-state index contributed by atoms with van der Waals surface area (Å²) in [7, 11) is 1.60. The minimum Gasteiger partial charge on any atom is -0.380 e. The molecule has 0 spiro atoms. The van der Waals surface area contributed by atoms with Crippen molar-refractivity contribution in [2.24, 2.45) is 0 Å². The number of carbonyl (C=O) groups excluding carboxylic acids is 1. The Morgan fingerprint density at radius 1 is 1.62 bits per heavy atom. The number of nitrogens with one attached hydrogen (secondary N) is 1. The lowest BCUT2D eigenvalue weighted by molar-refractivity contribution is 0.0870.